The molecule has 6 heteroatoms. The Balaban J connectivity index is 1.88. The second-order valence-corrected chi connectivity index (χ2v) is 8.69. The summed E-state index contributed by atoms with van der Waals surface area (Å²) in [5.74, 6) is 0.392. The van der Waals surface area contributed by atoms with E-state index in [4.69, 9.17) is 21.4 Å². The minimum absolute atomic E-state index is 0.149. The molecule has 0 aliphatic carbocycles. The van der Waals surface area contributed by atoms with Crippen LogP contribution in [0.15, 0.2) is 41.3 Å². The highest BCUT2D eigenvalue weighted by Crippen LogP contribution is 2.31. The molecule has 0 fully saturated rings. The summed E-state index contributed by atoms with van der Waals surface area (Å²) in [6, 6.07) is 11.1. The van der Waals surface area contributed by atoms with Crippen molar-refractivity contribution in [3.05, 3.63) is 58.1 Å². The number of benzene rings is 2. The van der Waals surface area contributed by atoms with E-state index in [1.165, 1.54) is 0 Å². The van der Waals surface area contributed by atoms with Gasteiger partial charge < -0.3 is 9.84 Å². The number of halogens is 1. The van der Waals surface area contributed by atoms with Crippen LogP contribution in [0.5, 0.6) is 5.75 Å². The lowest BCUT2D eigenvalue weighted by molar-refractivity contribution is -0.138. The number of rotatable bonds is 12. The topological polar surface area (TPSA) is 63.6 Å². The van der Waals surface area contributed by atoms with Crippen molar-refractivity contribution in [1.82, 2.24) is 0 Å². The Morgan fingerprint density at radius 3 is 2.57 bits per heavy atom. The molecule has 0 bridgehead atoms. The first-order valence-electron chi connectivity index (χ1n) is 10.3. The number of thioether (sulfide) groups is 1. The van der Waals surface area contributed by atoms with E-state index in [-0.39, 0.29) is 5.78 Å². The monoisotopic (exact) mass is 448 g/mol. The van der Waals surface area contributed by atoms with Crippen molar-refractivity contribution in [3.8, 4) is 5.75 Å². The number of aryl methyl sites for hydroxylation is 1. The molecule has 2 aromatic carbocycles. The molecule has 0 aromatic heterocycles. The smallest absolute Gasteiger partial charge is 0.310 e. The fourth-order valence-corrected chi connectivity index (χ4v) is 4.23. The molecule has 0 heterocycles. The molecular weight excluding hydrogens is 420 g/mol. The maximum absolute atomic E-state index is 12.0. The molecule has 0 saturated heterocycles. The van der Waals surface area contributed by atoms with E-state index in [9.17, 15) is 9.59 Å². The number of aliphatic carboxylic acids is 1. The first-order valence-corrected chi connectivity index (χ1v) is 11.7. The molecule has 0 amide bonds. The molecule has 0 spiro atoms. The molecule has 0 radical (unpaired) electrons. The molecule has 162 valence electrons. The van der Waals surface area contributed by atoms with Crippen LogP contribution in [0.1, 0.15) is 67.4 Å². The van der Waals surface area contributed by atoms with Crippen LogP contribution < -0.4 is 4.74 Å². The van der Waals surface area contributed by atoms with E-state index in [2.05, 4.69) is 6.92 Å². The molecular formula is C24H29ClO4S. The van der Waals surface area contributed by atoms with Crippen LogP contribution >= 0.6 is 23.4 Å². The van der Waals surface area contributed by atoms with Crippen molar-refractivity contribution in [2.24, 2.45) is 0 Å². The second kappa shape index (κ2) is 12.0. The van der Waals surface area contributed by atoms with Gasteiger partial charge in [0, 0.05) is 22.6 Å². The van der Waals surface area contributed by atoms with Crippen LogP contribution in [0, 0.1) is 0 Å². The van der Waals surface area contributed by atoms with Gasteiger partial charge in [0.25, 0.3) is 0 Å². The molecule has 2 aromatic rings. The van der Waals surface area contributed by atoms with Gasteiger partial charge in [0.15, 0.2) is 5.78 Å². The fourth-order valence-electron chi connectivity index (χ4n) is 3.03. The normalized spacial score (nSPS) is 11.9. The summed E-state index contributed by atoms with van der Waals surface area (Å²) < 4.78 is 5.98. The molecule has 4 nitrogen and oxygen atoms in total. The van der Waals surface area contributed by atoms with E-state index >= 15 is 0 Å². The van der Waals surface area contributed by atoms with E-state index in [1.807, 2.05) is 37.3 Å². The van der Waals surface area contributed by atoms with Crippen LogP contribution in [0.2, 0.25) is 5.02 Å². The van der Waals surface area contributed by atoms with Crippen molar-refractivity contribution in [2.45, 2.75) is 57.3 Å². The molecule has 0 saturated carbocycles. The quantitative estimate of drug-likeness (QED) is 0.224. The number of Topliss-reactive ketones (excluding diaryl/α,β-unsaturated/α-hetero) is 1. The number of hydrogen-bond donors (Lipinski definition) is 1. The van der Waals surface area contributed by atoms with Gasteiger partial charge in [0.1, 0.15) is 5.75 Å². The lowest BCUT2D eigenvalue weighted by atomic mass is 10.0. The summed E-state index contributed by atoms with van der Waals surface area (Å²) in [6.45, 7) is 6.21. The summed E-state index contributed by atoms with van der Waals surface area (Å²) in [7, 11) is 0. The van der Waals surface area contributed by atoms with Gasteiger partial charge in [-0.2, -0.15) is 0 Å². The van der Waals surface area contributed by atoms with Gasteiger partial charge in [-0.15, -0.1) is 11.8 Å². The molecule has 0 aliphatic rings. The van der Waals surface area contributed by atoms with Gasteiger partial charge in [0.2, 0.25) is 0 Å². The standard InChI is InChI=1S/C24H29ClO4S/c1-4-7-19-14-18(21(26)5-2)8-10-22(19)29-12-6-13-30-23-11-9-17(15-20(23)25)16(3)24(27)28/h8-11,14-16H,4-7,12-13H2,1-3H3,(H,27,28). The third kappa shape index (κ3) is 6.78. The highest BCUT2D eigenvalue weighted by atomic mass is 35.5. The van der Waals surface area contributed by atoms with Crippen molar-refractivity contribution in [2.75, 3.05) is 12.4 Å². The summed E-state index contributed by atoms with van der Waals surface area (Å²) >= 11 is 7.95. The lowest BCUT2D eigenvalue weighted by Crippen LogP contribution is -2.07. The van der Waals surface area contributed by atoms with Crippen LogP contribution in [0.3, 0.4) is 0 Å². The van der Waals surface area contributed by atoms with E-state index in [0.717, 1.165) is 46.8 Å². The largest absolute Gasteiger partial charge is 0.493 e. The van der Waals surface area contributed by atoms with Crippen molar-refractivity contribution >= 4 is 35.1 Å². The third-order valence-electron chi connectivity index (χ3n) is 4.85. The fraction of sp³-hybridized carbons (Fsp3) is 0.417. The van der Waals surface area contributed by atoms with Crippen molar-refractivity contribution < 1.29 is 19.4 Å². The van der Waals surface area contributed by atoms with E-state index in [1.54, 1.807) is 24.8 Å². The molecule has 1 N–H and O–H groups in total. The number of carboxylic acid groups (broad SMARTS) is 1. The minimum atomic E-state index is -0.863. The molecule has 2 rings (SSSR count). The number of hydrogen-bond acceptors (Lipinski definition) is 4. The van der Waals surface area contributed by atoms with Crippen LogP contribution in [-0.4, -0.2) is 29.2 Å². The zero-order valence-corrected chi connectivity index (χ0v) is 19.3. The first kappa shape index (κ1) is 24.3. The van der Waals surface area contributed by atoms with Gasteiger partial charge in [0.05, 0.1) is 17.5 Å². The van der Waals surface area contributed by atoms with Crippen LogP contribution in [-0.2, 0) is 11.2 Å². The summed E-state index contributed by atoms with van der Waals surface area (Å²) in [4.78, 5) is 24.0. The van der Waals surface area contributed by atoms with Gasteiger partial charge >= 0.3 is 5.97 Å². The predicted octanol–water partition coefficient (Wildman–Crippen LogP) is 6.63. The van der Waals surface area contributed by atoms with Gasteiger partial charge in [-0.05, 0) is 61.2 Å². The Morgan fingerprint density at radius 2 is 1.93 bits per heavy atom. The molecule has 30 heavy (non-hydrogen) atoms. The molecule has 1 atom stereocenters. The van der Waals surface area contributed by atoms with Crippen LogP contribution in [0.4, 0.5) is 0 Å². The molecule has 0 aliphatic heterocycles. The zero-order chi connectivity index (χ0) is 22.1. The maximum Gasteiger partial charge on any atom is 0.310 e. The van der Waals surface area contributed by atoms with Crippen molar-refractivity contribution in [1.29, 1.82) is 0 Å². The Kier molecular flexibility index (Phi) is 9.73. The summed E-state index contributed by atoms with van der Waals surface area (Å²) in [6.07, 6.45) is 3.22. The van der Waals surface area contributed by atoms with E-state index in [0.29, 0.717) is 23.6 Å². The number of ketones is 1. The third-order valence-corrected chi connectivity index (χ3v) is 6.44. The van der Waals surface area contributed by atoms with Gasteiger partial charge in [-0.25, -0.2) is 0 Å². The number of carbonyl (C=O) groups is 2. The van der Waals surface area contributed by atoms with Crippen LogP contribution in [0.25, 0.3) is 0 Å². The van der Waals surface area contributed by atoms with Gasteiger partial charge in [-0.1, -0.05) is 37.9 Å². The first-order chi connectivity index (χ1) is 14.4. The Hall–Kier alpha value is -1.98. The number of ether oxygens (including phenoxy) is 1. The minimum Gasteiger partial charge on any atom is -0.493 e. The number of carbonyl (C=O) groups excluding carboxylic acids is 1. The van der Waals surface area contributed by atoms with Crippen molar-refractivity contribution in [3.63, 3.8) is 0 Å². The Bertz CT molecular complexity index is 882. The predicted molar refractivity (Wildman–Crippen MR) is 123 cm³/mol. The van der Waals surface area contributed by atoms with Gasteiger partial charge in [-0.3, -0.25) is 9.59 Å². The highest BCUT2D eigenvalue weighted by Gasteiger charge is 2.15. The van der Waals surface area contributed by atoms with E-state index < -0.39 is 11.9 Å². The zero-order valence-electron chi connectivity index (χ0n) is 17.7. The average Bonchev–Trinajstić information content (AvgIpc) is 2.74. The SMILES string of the molecule is CCCc1cc(C(=O)CC)ccc1OCCCSc1ccc(C(C)C(=O)O)cc1Cl. The highest BCUT2D eigenvalue weighted by molar-refractivity contribution is 7.99. The summed E-state index contributed by atoms with van der Waals surface area (Å²) in [5.41, 5.74) is 2.53. The maximum atomic E-state index is 12.0. The average molecular weight is 449 g/mol. The lowest BCUT2D eigenvalue weighted by Gasteiger charge is -2.13. The number of carboxylic acids is 1. The summed E-state index contributed by atoms with van der Waals surface area (Å²) in [5, 5.41) is 9.70. The Labute approximate surface area is 188 Å². The molecule has 1 unspecified atom stereocenters. The Morgan fingerprint density at radius 1 is 1.17 bits per heavy atom. The second-order valence-electron chi connectivity index (χ2n) is 7.15.